The molecular formula is C21H19N5O2S. The predicted molar refractivity (Wildman–Crippen MR) is 111 cm³/mol. The molecule has 4 aromatic rings. The van der Waals surface area contributed by atoms with Gasteiger partial charge >= 0.3 is 0 Å². The maximum Gasteiger partial charge on any atom is 0.264 e. The van der Waals surface area contributed by atoms with Gasteiger partial charge in [0.25, 0.3) is 5.91 Å². The Morgan fingerprint density at radius 1 is 1.24 bits per heavy atom. The third kappa shape index (κ3) is 2.74. The van der Waals surface area contributed by atoms with Crippen LogP contribution in [0.4, 0.5) is 0 Å². The van der Waals surface area contributed by atoms with Crippen molar-refractivity contribution >= 4 is 38.5 Å². The Morgan fingerprint density at radius 2 is 2.14 bits per heavy atom. The average molecular weight is 405 g/mol. The molecule has 1 aliphatic carbocycles. The lowest BCUT2D eigenvalue weighted by molar-refractivity contribution is -0.0115. The summed E-state index contributed by atoms with van der Waals surface area (Å²) in [6.07, 6.45) is 5.82. The van der Waals surface area contributed by atoms with Crippen LogP contribution in [0, 0.1) is 0 Å². The Balaban J connectivity index is 1.35. The lowest BCUT2D eigenvalue weighted by Crippen LogP contribution is -2.50. The summed E-state index contributed by atoms with van der Waals surface area (Å²) in [6, 6.07) is 8.03. The van der Waals surface area contributed by atoms with Gasteiger partial charge in [0.05, 0.1) is 29.3 Å². The quantitative estimate of drug-likeness (QED) is 0.512. The second-order valence-corrected chi connectivity index (χ2v) is 8.91. The monoisotopic (exact) mass is 405 g/mol. The summed E-state index contributed by atoms with van der Waals surface area (Å²) in [5.41, 5.74) is 2.45. The van der Waals surface area contributed by atoms with Crippen LogP contribution in [-0.2, 0) is 11.8 Å². The van der Waals surface area contributed by atoms with Crippen LogP contribution in [0.15, 0.2) is 36.7 Å². The van der Waals surface area contributed by atoms with Gasteiger partial charge in [0.1, 0.15) is 4.83 Å². The largest absolute Gasteiger partial charge is 0.377 e. The van der Waals surface area contributed by atoms with E-state index in [1.807, 2.05) is 42.4 Å². The van der Waals surface area contributed by atoms with E-state index in [4.69, 9.17) is 9.72 Å². The first-order chi connectivity index (χ1) is 14.1. The van der Waals surface area contributed by atoms with E-state index in [1.165, 1.54) is 11.3 Å². The van der Waals surface area contributed by atoms with Crippen LogP contribution in [0.3, 0.4) is 0 Å². The molecule has 4 aromatic heterocycles. The Hall–Kier alpha value is -2.84. The zero-order valence-electron chi connectivity index (χ0n) is 16.0. The number of pyridine rings is 2. The van der Waals surface area contributed by atoms with Crippen LogP contribution in [0.2, 0.25) is 0 Å². The highest BCUT2D eigenvalue weighted by Gasteiger charge is 2.52. The van der Waals surface area contributed by atoms with Gasteiger partial charge in [0.15, 0.2) is 5.65 Å². The first-order valence-electron chi connectivity index (χ1n) is 9.71. The number of aromatic nitrogens is 4. The molecule has 8 heteroatoms. The van der Waals surface area contributed by atoms with Gasteiger partial charge in [-0.3, -0.25) is 9.48 Å². The van der Waals surface area contributed by atoms with Crippen LogP contribution >= 0.6 is 11.3 Å². The van der Waals surface area contributed by atoms with Crippen molar-refractivity contribution in [3.8, 4) is 11.3 Å². The number of fused-ring (bicyclic) bond motifs is 2. The molecule has 6 rings (SSSR count). The zero-order chi connectivity index (χ0) is 19.6. The topological polar surface area (TPSA) is 73.1 Å². The van der Waals surface area contributed by atoms with Gasteiger partial charge in [-0.25, -0.2) is 9.97 Å². The van der Waals surface area contributed by atoms with E-state index in [0.29, 0.717) is 19.8 Å². The Labute approximate surface area is 170 Å². The molecular weight excluding hydrogens is 386 g/mol. The van der Waals surface area contributed by atoms with Crippen molar-refractivity contribution in [1.82, 2.24) is 24.6 Å². The zero-order valence-corrected chi connectivity index (χ0v) is 16.8. The van der Waals surface area contributed by atoms with Crippen molar-refractivity contribution in [2.24, 2.45) is 7.05 Å². The highest BCUT2D eigenvalue weighted by molar-refractivity contribution is 7.20. The number of hydrogen-bond donors (Lipinski definition) is 0. The number of ether oxygens (including phenoxy) is 1. The molecule has 5 heterocycles. The first-order valence-corrected chi connectivity index (χ1v) is 10.5. The standard InChI is InChI=1S/C21H19N5O2S/c1-25-11-15-8-14(10-22-18(15)24-25)16-3-2-13-9-17(29-19(13)23-16)20(27)26-6-7-28-12-21(26)4-5-21/h2-3,8-11H,4-7,12H2,1H3. The summed E-state index contributed by atoms with van der Waals surface area (Å²) < 4.78 is 7.36. The number of morpholine rings is 1. The summed E-state index contributed by atoms with van der Waals surface area (Å²) in [6.45, 7) is 1.95. The van der Waals surface area contributed by atoms with E-state index in [0.717, 1.165) is 50.2 Å². The van der Waals surface area contributed by atoms with E-state index >= 15 is 0 Å². The van der Waals surface area contributed by atoms with Crippen molar-refractivity contribution in [3.05, 3.63) is 41.5 Å². The predicted octanol–water partition coefficient (Wildman–Crippen LogP) is 3.25. The molecule has 2 aliphatic rings. The fourth-order valence-electron chi connectivity index (χ4n) is 4.10. The molecule has 7 nitrogen and oxygen atoms in total. The van der Waals surface area contributed by atoms with E-state index in [-0.39, 0.29) is 11.4 Å². The Morgan fingerprint density at radius 3 is 3.00 bits per heavy atom. The molecule has 1 amide bonds. The average Bonchev–Trinajstić information content (AvgIpc) is 3.20. The second kappa shape index (κ2) is 6.08. The number of carbonyl (C=O) groups excluding carboxylic acids is 1. The van der Waals surface area contributed by atoms with Crippen LogP contribution in [0.25, 0.3) is 32.5 Å². The van der Waals surface area contributed by atoms with Gasteiger partial charge in [-0.05, 0) is 37.1 Å². The fraction of sp³-hybridized carbons (Fsp3) is 0.333. The molecule has 1 spiro atoms. The molecule has 1 saturated heterocycles. The highest BCUT2D eigenvalue weighted by Crippen LogP contribution is 2.44. The molecule has 0 unspecified atom stereocenters. The molecule has 0 bridgehead atoms. The van der Waals surface area contributed by atoms with Crippen molar-refractivity contribution in [1.29, 1.82) is 0 Å². The third-order valence-corrected chi connectivity index (χ3v) is 6.87. The van der Waals surface area contributed by atoms with Crippen LogP contribution < -0.4 is 0 Å². The van der Waals surface area contributed by atoms with Crippen LogP contribution in [0.5, 0.6) is 0 Å². The van der Waals surface area contributed by atoms with Gasteiger partial charge in [-0.15, -0.1) is 11.3 Å². The summed E-state index contributed by atoms with van der Waals surface area (Å²) in [7, 11) is 1.88. The summed E-state index contributed by atoms with van der Waals surface area (Å²) >= 11 is 1.46. The molecule has 0 aromatic carbocycles. The van der Waals surface area contributed by atoms with E-state index < -0.39 is 0 Å². The third-order valence-electron chi connectivity index (χ3n) is 5.84. The summed E-state index contributed by atoms with van der Waals surface area (Å²) in [4.78, 5) is 26.0. The molecule has 0 N–H and O–H groups in total. The van der Waals surface area contributed by atoms with Crippen molar-refractivity contribution in [3.63, 3.8) is 0 Å². The van der Waals surface area contributed by atoms with Gasteiger partial charge in [-0.1, -0.05) is 0 Å². The lowest BCUT2D eigenvalue weighted by atomic mass is 10.1. The molecule has 29 heavy (non-hydrogen) atoms. The van der Waals surface area contributed by atoms with Crippen molar-refractivity contribution < 1.29 is 9.53 Å². The SMILES string of the molecule is Cn1cc2cc(-c3ccc4cc(C(=O)N5CCOCC56CC6)sc4n3)cnc2n1. The molecule has 2 fully saturated rings. The fourth-order valence-corrected chi connectivity index (χ4v) is 5.08. The Bertz CT molecular complexity index is 1270. The maximum absolute atomic E-state index is 13.2. The van der Waals surface area contributed by atoms with Gasteiger partial charge < -0.3 is 9.64 Å². The molecule has 1 saturated carbocycles. The minimum Gasteiger partial charge on any atom is -0.377 e. The molecule has 146 valence electrons. The van der Waals surface area contributed by atoms with E-state index in [1.54, 1.807) is 10.9 Å². The lowest BCUT2D eigenvalue weighted by Gasteiger charge is -2.35. The smallest absolute Gasteiger partial charge is 0.264 e. The minimum atomic E-state index is -0.0606. The van der Waals surface area contributed by atoms with Gasteiger partial charge in [-0.2, -0.15) is 5.10 Å². The molecule has 0 atom stereocenters. The second-order valence-electron chi connectivity index (χ2n) is 7.87. The maximum atomic E-state index is 13.2. The first kappa shape index (κ1) is 17.1. The van der Waals surface area contributed by atoms with Crippen LogP contribution in [0.1, 0.15) is 22.5 Å². The van der Waals surface area contributed by atoms with Crippen molar-refractivity contribution in [2.45, 2.75) is 18.4 Å². The summed E-state index contributed by atoms with van der Waals surface area (Å²) in [5.74, 6) is 0.105. The van der Waals surface area contributed by atoms with E-state index in [2.05, 4.69) is 10.1 Å². The molecule has 0 radical (unpaired) electrons. The number of amides is 1. The highest BCUT2D eigenvalue weighted by atomic mass is 32.1. The number of hydrogen-bond acceptors (Lipinski definition) is 6. The van der Waals surface area contributed by atoms with E-state index in [9.17, 15) is 4.79 Å². The number of aryl methyl sites for hydroxylation is 1. The summed E-state index contributed by atoms with van der Waals surface area (Å²) in [5, 5.41) is 6.30. The van der Waals surface area contributed by atoms with Gasteiger partial charge in [0, 0.05) is 42.3 Å². The molecule has 1 aliphatic heterocycles. The Kier molecular flexibility index (Phi) is 3.57. The number of thiophene rings is 1. The van der Waals surface area contributed by atoms with Crippen molar-refractivity contribution in [2.75, 3.05) is 19.8 Å². The van der Waals surface area contributed by atoms with Crippen LogP contribution in [-0.4, -0.2) is 55.9 Å². The van der Waals surface area contributed by atoms with Gasteiger partial charge in [0.2, 0.25) is 0 Å². The number of nitrogens with zero attached hydrogens (tertiary/aromatic N) is 5. The minimum absolute atomic E-state index is 0.0606. The number of rotatable bonds is 2. The normalized spacial score (nSPS) is 18.0. The number of carbonyl (C=O) groups is 1.